The van der Waals surface area contributed by atoms with Crippen LogP contribution in [0.15, 0.2) is 76.8 Å². The summed E-state index contributed by atoms with van der Waals surface area (Å²) in [5, 5.41) is 9.98. The number of halogens is 1. The molecule has 39 heavy (non-hydrogen) atoms. The SMILES string of the molecule is COc1cc(NC(=O)C[C@H]2SC(N3N=C(c4ccc(C)cc4)C[C@H]3c3ccc(Cl)cc3)=NC2=O)cc(OC)c1. The zero-order valence-electron chi connectivity index (χ0n) is 21.7. The first-order valence-electron chi connectivity index (χ1n) is 12.3. The largest absolute Gasteiger partial charge is 0.497 e. The highest BCUT2D eigenvalue weighted by molar-refractivity contribution is 8.15. The first-order valence-corrected chi connectivity index (χ1v) is 13.6. The van der Waals surface area contributed by atoms with E-state index in [1.807, 2.05) is 43.3 Å². The maximum atomic E-state index is 12.9. The molecule has 0 aromatic heterocycles. The molecule has 8 nitrogen and oxygen atoms in total. The number of hydrazone groups is 1. The molecule has 0 unspecified atom stereocenters. The average Bonchev–Trinajstić information content (AvgIpc) is 3.53. The molecule has 2 aliphatic heterocycles. The summed E-state index contributed by atoms with van der Waals surface area (Å²) in [5.74, 6) is 0.423. The van der Waals surface area contributed by atoms with E-state index in [1.165, 1.54) is 31.5 Å². The molecule has 3 aromatic carbocycles. The molecule has 200 valence electrons. The van der Waals surface area contributed by atoms with Crippen molar-refractivity contribution in [2.24, 2.45) is 10.1 Å². The minimum Gasteiger partial charge on any atom is -0.497 e. The molecular formula is C29H27ClN4O4S. The summed E-state index contributed by atoms with van der Waals surface area (Å²) in [6.07, 6.45) is 0.602. The summed E-state index contributed by atoms with van der Waals surface area (Å²) in [6.45, 7) is 2.04. The number of benzene rings is 3. The number of carbonyl (C=O) groups is 2. The fraction of sp³-hybridized carbons (Fsp3) is 0.241. The molecule has 5 rings (SSSR count). The number of ether oxygens (including phenoxy) is 2. The number of thioether (sulfide) groups is 1. The van der Waals surface area contributed by atoms with Gasteiger partial charge in [0.15, 0.2) is 5.17 Å². The molecule has 0 aliphatic carbocycles. The monoisotopic (exact) mass is 562 g/mol. The summed E-state index contributed by atoms with van der Waals surface area (Å²) in [4.78, 5) is 30.1. The van der Waals surface area contributed by atoms with Crippen molar-refractivity contribution in [2.75, 3.05) is 19.5 Å². The number of anilines is 1. The van der Waals surface area contributed by atoms with Crippen molar-refractivity contribution >= 4 is 51.7 Å². The molecule has 3 aromatic rings. The Morgan fingerprint density at radius 1 is 1.05 bits per heavy atom. The molecular weight excluding hydrogens is 536 g/mol. The molecule has 0 fully saturated rings. The van der Waals surface area contributed by atoms with Gasteiger partial charge < -0.3 is 14.8 Å². The van der Waals surface area contributed by atoms with E-state index in [0.29, 0.717) is 33.8 Å². The molecule has 1 N–H and O–H groups in total. The molecule has 0 saturated carbocycles. The van der Waals surface area contributed by atoms with Crippen LogP contribution in [0, 0.1) is 6.92 Å². The third-order valence-electron chi connectivity index (χ3n) is 6.48. The molecule has 10 heteroatoms. The molecule has 2 atom stereocenters. The number of nitrogens with one attached hydrogen (secondary N) is 1. The predicted molar refractivity (Wildman–Crippen MR) is 155 cm³/mol. The topological polar surface area (TPSA) is 92.6 Å². The fourth-order valence-corrected chi connectivity index (χ4v) is 5.60. The van der Waals surface area contributed by atoms with Gasteiger partial charge in [0, 0.05) is 41.8 Å². The van der Waals surface area contributed by atoms with E-state index in [9.17, 15) is 9.59 Å². The van der Waals surface area contributed by atoms with Gasteiger partial charge in [0.1, 0.15) is 16.7 Å². The van der Waals surface area contributed by atoms with Crippen molar-refractivity contribution in [1.82, 2.24) is 5.01 Å². The number of aliphatic imine (C=N–C) groups is 1. The zero-order chi connectivity index (χ0) is 27.5. The highest BCUT2D eigenvalue weighted by Crippen LogP contribution is 2.39. The van der Waals surface area contributed by atoms with Gasteiger partial charge in [-0.2, -0.15) is 10.1 Å². The van der Waals surface area contributed by atoms with Gasteiger partial charge in [-0.25, -0.2) is 5.01 Å². The Morgan fingerprint density at radius 3 is 2.36 bits per heavy atom. The van der Waals surface area contributed by atoms with Gasteiger partial charge in [-0.15, -0.1) is 0 Å². The number of rotatable bonds is 7. The lowest BCUT2D eigenvalue weighted by Gasteiger charge is -2.23. The van der Waals surface area contributed by atoms with E-state index in [1.54, 1.807) is 23.2 Å². The molecule has 0 saturated heterocycles. The summed E-state index contributed by atoms with van der Waals surface area (Å²) in [7, 11) is 3.07. The Hall–Kier alpha value is -3.82. The first kappa shape index (κ1) is 26.8. The highest BCUT2D eigenvalue weighted by Gasteiger charge is 2.39. The van der Waals surface area contributed by atoms with Crippen LogP contribution in [0.3, 0.4) is 0 Å². The van der Waals surface area contributed by atoms with Crippen molar-refractivity contribution in [3.05, 3.63) is 88.4 Å². The van der Waals surface area contributed by atoms with Crippen LogP contribution >= 0.6 is 23.4 Å². The zero-order valence-corrected chi connectivity index (χ0v) is 23.3. The molecule has 0 spiro atoms. The fourth-order valence-electron chi connectivity index (χ4n) is 4.42. The summed E-state index contributed by atoms with van der Waals surface area (Å²) in [6, 6.07) is 20.7. The van der Waals surface area contributed by atoms with Gasteiger partial charge in [-0.05, 0) is 30.2 Å². The van der Waals surface area contributed by atoms with E-state index in [-0.39, 0.29) is 24.3 Å². The van der Waals surface area contributed by atoms with Crippen LogP contribution in [0.25, 0.3) is 0 Å². The lowest BCUT2D eigenvalue weighted by atomic mass is 9.98. The molecule has 0 bridgehead atoms. The van der Waals surface area contributed by atoms with Crippen LogP contribution in [0.2, 0.25) is 5.02 Å². The molecule has 2 amide bonds. The smallest absolute Gasteiger partial charge is 0.262 e. The number of nitrogens with zero attached hydrogens (tertiary/aromatic N) is 3. The van der Waals surface area contributed by atoms with Crippen molar-refractivity contribution in [3.63, 3.8) is 0 Å². The maximum Gasteiger partial charge on any atom is 0.262 e. The van der Waals surface area contributed by atoms with Gasteiger partial charge >= 0.3 is 0 Å². The minimum absolute atomic E-state index is 0.0377. The van der Waals surface area contributed by atoms with Crippen molar-refractivity contribution in [1.29, 1.82) is 0 Å². The Kier molecular flexibility index (Phi) is 7.90. The number of methoxy groups -OCH3 is 2. The predicted octanol–water partition coefficient (Wildman–Crippen LogP) is 5.84. The molecule has 0 radical (unpaired) electrons. The number of hydrogen-bond acceptors (Lipinski definition) is 7. The first-order chi connectivity index (χ1) is 18.8. The second-order valence-corrected chi connectivity index (χ2v) is 10.8. The number of hydrogen-bond donors (Lipinski definition) is 1. The quantitative estimate of drug-likeness (QED) is 0.389. The number of amidine groups is 1. The summed E-state index contributed by atoms with van der Waals surface area (Å²) < 4.78 is 10.5. The summed E-state index contributed by atoms with van der Waals surface area (Å²) in [5.41, 5.74) is 4.61. The van der Waals surface area contributed by atoms with Crippen LogP contribution < -0.4 is 14.8 Å². The standard InChI is InChI=1S/C29H27ClN4O4S/c1-17-4-6-18(7-5-17)24-15-25(19-8-10-20(30)11-9-19)34(33-24)29-32-28(36)26(39-29)16-27(35)31-21-12-22(37-2)14-23(13-21)38-3/h4-14,25-26H,15-16H2,1-3H3,(H,31,35)/t25-,26+/m0/s1. The van der Waals surface area contributed by atoms with Gasteiger partial charge in [0.25, 0.3) is 5.91 Å². The Morgan fingerprint density at radius 2 is 1.72 bits per heavy atom. The minimum atomic E-state index is -0.656. The van der Waals surface area contributed by atoms with E-state index in [4.69, 9.17) is 26.2 Å². The van der Waals surface area contributed by atoms with Gasteiger partial charge in [0.2, 0.25) is 5.91 Å². The second-order valence-electron chi connectivity index (χ2n) is 9.22. The molecule has 2 heterocycles. The van der Waals surface area contributed by atoms with E-state index in [2.05, 4.69) is 22.4 Å². The average molecular weight is 563 g/mol. The Labute approximate surface area is 236 Å². The molecule has 2 aliphatic rings. The number of carbonyl (C=O) groups excluding carboxylic acids is 2. The normalized spacial score (nSPS) is 18.6. The number of amides is 2. The van der Waals surface area contributed by atoms with Crippen molar-refractivity contribution in [2.45, 2.75) is 31.1 Å². The van der Waals surface area contributed by atoms with Gasteiger partial charge in [0.05, 0.1) is 26.0 Å². The Balaban J connectivity index is 1.33. The van der Waals surface area contributed by atoms with E-state index >= 15 is 0 Å². The van der Waals surface area contributed by atoms with Crippen molar-refractivity contribution in [3.8, 4) is 11.5 Å². The second kappa shape index (κ2) is 11.5. The van der Waals surface area contributed by atoms with Gasteiger partial charge in [-0.3, -0.25) is 9.59 Å². The lowest BCUT2D eigenvalue weighted by Crippen LogP contribution is -2.25. The highest BCUT2D eigenvalue weighted by atomic mass is 35.5. The number of aryl methyl sites for hydroxylation is 1. The maximum absolute atomic E-state index is 12.9. The van der Waals surface area contributed by atoms with E-state index < -0.39 is 5.25 Å². The Bertz CT molecular complexity index is 1430. The third kappa shape index (κ3) is 6.10. The van der Waals surface area contributed by atoms with Crippen LogP contribution in [-0.2, 0) is 9.59 Å². The third-order valence-corrected chi connectivity index (χ3v) is 7.87. The van der Waals surface area contributed by atoms with Crippen molar-refractivity contribution < 1.29 is 19.1 Å². The summed E-state index contributed by atoms with van der Waals surface area (Å²) >= 11 is 7.39. The van der Waals surface area contributed by atoms with Crippen LogP contribution in [0.5, 0.6) is 11.5 Å². The van der Waals surface area contributed by atoms with Gasteiger partial charge in [-0.1, -0.05) is 65.3 Å². The van der Waals surface area contributed by atoms with Crippen LogP contribution in [-0.4, -0.2) is 47.2 Å². The van der Waals surface area contributed by atoms with Crippen LogP contribution in [0.1, 0.15) is 35.6 Å². The van der Waals surface area contributed by atoms with E-state index in [0.717, 1.165) is 16.8 Å². The lowest BCUT2D eigenvalue weighted by molar-refractivity contribution is -0.121. The van der Waals surface area contributed by atoms with Crippen LogP contribution in [0.4, 0.5) is 5.69 Å².